The Bertz CT molecular complexity index is 371. The molecular formula is C13H22ClN3. The molecule has 1 rings (SSSR count). The lowest BCUT2D eigenvalue weighted by Crippen LogP contribution is -2.29. The predicted octanol–water partition coefficient (Wildman–Crippen LogP) is 3.25. The van der Waals surface area contributed by atoms with Crippen molar-refractivity contribution in [3.05, 3.63) is 28.8 Å². The molecule has 0 radical (unpaired) electrons. The van der Waals surface area contributed by atoms with E-state index in [9.17, 15) is 0 Å². The molecule has 0 saturated heterocycles. The SMILES string of the molecule is CC(C)(C)CCC(NN)c1ccc(Cl)cc1N. The highest BCUT2D eigenvalue weighted by Gasteiger charge is 2.17. The highest BCUT2D eigenvalue weighted by molar-refractivity contribution is 6.30. The van der Waals surface area contributed by atoms with Crippen molar-refractivity contribution in [1.82, 2.24) is 5.43 Å². The summed E-state index contributed by atoms with van der Waals surface area (Å²) >= 11 is 5.88. The predicted molar refractivity (Wildman–Crippen MR) is 74.6 cm³/mol. The number of hydrazine groups is 1. The first-order valence-corrected chi connectivity index (χ1v) is 6.22. The van der Waals surface area contributed by atoms with Crippen molar-refractivity contribution in [2.45, 2.75) is 39.7 Å². The number of hydrogen-bond acceptors (Lipinski definition) is 3. The summed E-state index contributed by atoms with van der Waals surface area (Å²) < 4.78 is 0. The van der Waals surface area contributed by atoms with E-state index in [4.69, 9.17) is 23.2 Å². The Morgan fingerprint density at radius 2 is 2.00 bits per heavy atom. The highest BCUT2D eigenvalue weighted by Crippen LogP contribution is 2.30. The summed E-state index contributed by atoms with van der Waals surface area (Å²) in [6.45, 7) is 6.64. The van der Waals surface area contributed by atoms with E-state index in [1.807, 2.05) is 12.1 Å². The van der Waals surface area contributed by atoms with E-state index >= 15 is 0 Å². The maximum Gasteiger partial charge on any atom is 0.0480 e. The van der Waals surface area contributed by atoms with Gasteiger partial charge in [-0.05, 0) is 36.0 Å². The van der Waals surface area contributed by atoms with Gasteiger partial charge in [0.25, 0.3) is 0 Å². The Kier molecular flexibility index (Phi) is 4.80. The van der Waals surface area contributed by atoms with Gasteiger partial charge in [0, 0.05) is 16.8 Å². The molecule has 0 amide bonds. The van der Waals surface area contributed by atoms with Crippen LogP contribution in [-0.2, 0) is 0 Å². The second-order valence-corrected chi connectivity index (χ2v) is 6.03. The normalized spacial score (nSPS) is 13.7. The Balaban J connectivity index is 2.79. The summed E-state index contributed by atoms with van der Waals surface area (Å²) in [6.07, 6.45) is 2.02. The average Bonchev–Trinajstić information content (AvgIpc) is 2.19. The number of halogens is 1. The molecule has 17 heavy (non-hydrogen) atoms. The fourth-order valence-corrected chi connectivity index (χ4v) is 1.95. The van der Waals surface area contributed by atoms with Gasteiger partial charge in [-0.1, -0.05) is 38.4 Å². The molecule has 1 aromatic carbocycles. The maximum absolute atomic E-state index is 5.96. The third kappa shape index (κ3) is 4.54. The van der Waals surface area contributed by atoms with Gasteiger partial charge in [0.2, 0.25) is 0 Å². The van der Waals surface area contributed by atoms with Crippen molar-refractivity contribution in [2.24, 2.45) is 11.3 Å². The Morgan fingerprint density at radius 1 is 1.35 bits per heavy atom. The number of hydrogen-bond donors (Lipinski definition) is 3. The summed E-state index contributed by atoms with van der Waals surface area (Å²) in [5.41, 5.74) is 10.8. The zero-order valence-corrected chi connectivity index (χ0v) is 11.5. The van der Waals surface area contributed by atoms with Crippen LogP contribution in [0.4, 0.5) is 5.69 Å². The minimum absolute atomic E-state index is 0.0755. The van der Waals surface area contributed by atoms with Gasteiger partial charge in [-0.3, -0.25) is 11.3 Å². The molecule has 1 atom stereocenters. The maximum atomic E-state index is 5.96. The summed E-state index contributed by atoms with van der Waals surface area (Å²) in [4.78, 5) is 0. The average molecular weight is 256 g/mol. The third-order valence-electron chi connectivity index (χ3n) is 2.81. The van der Waals surface area contributed by atoms with E-state index in [1.165, 1.54) is 0 Å². The van der Waals surface area contributed by atoms with Crippen LogP contribution in [0.1, 0.15) is 45.2 Å². The molecule has 0 aromatic heterocycles. The van der Waals surface area contributed by atoms with E-state index in [1.54, 1.807) is 6.07 Å². The van der Waals surface area contributed by atoms with Crippen molar-refractivity contribution in [1.29, 1.82) is 0 Å². The first kappa shape index (κ1) is 14.3. The standard InChI is InChI=1S/C13H22ClN3/c1-13(2,3)7-6-12(17-16)10-5-4-9(14)8-11(10)15/h4-5,8,12,17H,6-7,15-16H2,1-3H3. The molecule has 4 heteroatoms. The van der Waals surface area contributed by atoms with E-state index in [0.29, 0.717) is 10.7 Å². The van der Waals surface area contributed by atoms with Crippen LogP contribution in [0.25, 0.3) is 0 Å². The Labute approximate surface area is 108 Å². The van der Waals surface area contributed by atoms with E-state index in [0.717, 1.165) is 18.4 Å². The monoisotopic (exact) mass is 255 g/mol. The lowest BCUT2D eigenvalue weighted by atomic mass is 9.87. The Morgan fingerprint density at radius 3 is 2.47 bits per heavy atom. The topological polar surface area (TPSA) is 64.1 Å². The zero-order chi connectivity index (χ0) is 13.1. The van der Waals surface area contributed by atoms with Crippen LogP contribution in [0.2, 0.25) is 5.02 Å². The van der Waals surface area contributed by atoms with Crippen LogP contribution in [0.5, 0.6) is 0 Å². The zero-order valence-electron chi connectivity index (χ0n) is 10.8. The molecule has 0 spiro atoms. The molecule has 0 saturated carbocycles. The van der Waals surface area contributed by atoms with E-state index < -0.39 is 0 Å². The fraction of sp³-hybridized carbons (Fsp3) is 0.538. The van der Waals surface area contributed by atoms with Crippen molar-refractivity contribution in [3.63, 3.8) is 0 Å². The number of anilines is 1. The number of rotatable bonds is 4. The van der Waals surface area contributed by atoms with Crippen LogP contribution in [0, 0.1) is 5.41 Å². The Hall–Kier alpha value is -0.770. The van der Waals surface area contributed by atoms with Gasteiger partial charge >= 0.3 is 0 Å². The van der Waals surface area contributed by atoms with Gasteiger partial charge in [0.1, 0.15) is 0 Å². The van der Waals surface area contributed by atoms with Gasteiger partial charge < -0.3 is 5.73 Å². The minimum Gasteiger partial charge on any atom is -0.398 e. The summed E-state index contributed by atoms with van der Waals surface area (Å²) in [5.74, 6) is 5.60. The second kappa shape index (κ2) is 5.71. The number of nitrogen functional groups attached to an aromatic ring is 1. The lowest BCUT2D eigenvalue weighted by Gasteiger charge is -2.24. The van der Waals surface area contributed by atoms with E-state index in [-0.39, 0.29) is 11.5 Å². The summed E-state index contributed by atoms with van der Waals surface area (Å²) in [7, 11) is 0. The fourth-order valence-electron chi connectivity index (χ4n) is 1.77. The number of benzene rings is 1. The van der Waals surface area contributed by atoms with Gasteiger partial charge in [0.15, 0.2) is 0 Å². The smallest absolute Gasteiger partial charge is 0.0480 e. The molecule has 0 aliphatic rings. The van der Waals surface area contributed by atoms with E-state index in [2.05, 4.69) is 26.2 Å². The van der Waals surface area contributed by atoms with Crippen molar-refractivity contribution < 1.29 is 0 Å². The first-order valence-electron chi connectivity index (χ1n) is 5.84. The highest BCUT2D eigenvalue weighted by atomic mass is 35.5. The molecule has 0 aliphatic carbocycles. The molecule has 1 aromatic rings. The van der Waals surface area contributed by atoms with Gasteiger partial charge in [-0.2, -0.15) is 0 Å². The lowest BCUT2D eigenvalue weighted by molar-refractivity contribution is 0.334. The molecule has 96 valence electrons. The molecule has 3 nitrogen and oxygen atoms in total. The molecule has 1 unspecified atom stereocenters. The molecule has 5 N–H and O–H groups in total. The first-order chi connectivity index (χ1) is 7.83. The van der Waals surface area contributed by atoms with Gasteiger partial charge in [-0.25, -0.2) is 0 Å². The van der Waals surface area contributed by atoms with Crippen LogP contribution < -0.4 is 17.0 Å². The van der Waals surface area contributed by atoms with Crippen molar-refractivity contribution in [2.75, 3.05) is 5.73 Å². The number of nitrogens with one attached hydrogen (secondary N) is 1. The molecule has 0 fully saturated rings. The van der Waals surface area contributed by atoms with Crippen LogP contribution in [-0.4, -0.2) is 0 Å². The van der Waals surface area contributed by atoms with Gasteiger partial charge in [0.05, 0.1) is 0 Å². The largest absolute Gasteiger partial charge is 0.398 e. The van der Waals surface area contributed by atoms with Crippen molar-refractivity contribution in [3.8, 4) is 0 Å². The van der Waals surface area contributed by atoms with Crippen LogP contribution >= 0.6 is 11.6 Å². The van der Waals surface area contributed by atoms with Gasteiger partial charge in [-0.15, -0.1) is 0 Å². The molecular weight excluding hydrogens is 234 g/mol. The molecule has 0 bridgehead atoms. The molecule has 0 aliphatic heterocycles. The second-order valence-electron chi connectivity index (χ2n) is 5.59. The third-order valence-corrected chi connectivity index (χ3v) is 3.04. The summed E-state index contributed by atoms with van der Waals surface area (Å²) in [6, 6.07) is 5.61. The quantitative estimate of drug-likeness (QED) is 0.440. The van der Waals surface area contributed by atoms with Crippen LogP contribution in [0.3, 0.4) is 0 Å². The molecule has 0 heterocycles. The van der Waals surface area contributed by atoms with Crippen LogP contribution in [0.15, 0.2) is 18.2 Å². The minimum atomic E-state index is 0.0755. The summed E-state index contributed by atoms with van der Waals surface area (Å²) in [5, 5.41) is 0.651. The van der Waals surface area contributed by atoms with Crippen molar-refractivity contribution >= 4 is 17.3 Å². The number of nitrogens with two attached hydrogens (primary N) is 2.